The van der Waals surface area contributed by atoms with Crippen LogP contribution in [0.2, 0.25) is 0 Å². The SMILES string of the molecule is CCCNC1CCOCC1Cc1ccc(F)cc1. The maximum absolute atomic E-state index is 12.9. The van der Waals surface area contributed by atoms with Crippen LogP contribution in [-0.2, 0) is 11.2 Å². The summed E-state index contributed by atoms with van der Waals surface area (Å²) in [7, 11) is 0. The zero-order valence-electron chi connectivity index (χ0n) is 11.0. The van der Waals surface area contributed by atoms with Crippen molar-refractivity contribution in [1.29, 1.82) is 0 Å². The minimum atomic E-state index is -0.167. The van der Waals surface area contributed by atoms with Crippen molar-refractivity contribution in [3.8, 4) is 0 Å². The van der Waals surface area contributed by atoms with E-state index in [1.165, 1.54) is 17.7 Å². The Hall–Kier alpha value is -0.930. The number of nitrogens with one attached hydrogen (secondary N) is 1. The molecule has 18 heavy (non-hydrogen) atoms. The third kappa shape index (κ3) is 3.79. The lowest BCUT2D eigenvalue weighted by Crippen LogP contribution is -2.43. The fourth-order valence-electron chi connectivity index (χ4n) is 2.52. The molecule has 0 radical (unpaired) electrons. The summed E-state index contributed by atoms with van der Waals surface area (Å²) in [5.74, 6) is 0.329. The average molecular weight is 251 g/mol. The molecule has 2 atom stereocenters. The number of halogens is 1. The molecule has 0 saturated carbocycles. The molecule has 2 nitrogen and oxygen atoms in total. The second kappa shape index (κ2) is 6.86. The number of hydrogen-bond acceptors (Lipinski definition) is 2. The fraction of sp³-hybridized carbons (Fsp3) is 0.600. The summed E-state index contributed by atoms with van der Waals surface area (Å²) in [5.41, 5.74) is 1.19. The molecule has 100 valence electrons. The van der Waals surface area contributed by atoms with Crippen molar-refractivity contribution in [2.45, 2.75) is 32.2 Å². The first-order chi connectivity index (χ1) is 8.79. The molecule has 0 aromatic heterocycles. The van der Waals surface area contributed by atoms with E-state index in [0.29, 0.717) is 12.0 Å². The molecule has 1 aromatic rings. The van der Waals surface area contributed by atoms with Crippen molar-refractivity contribution in [2.24, 2.45) is 5.92 Å². The van der Waals surface area contributed by atoms with E-state index in [1.54, 1.807) is 0 Å². The molecule has 1 heterocycles. The molecular weight excluding hydrogens is 229 g/mol. The Labute approximate surface area is 109 Å². The zero-order chi connectivity index (χ0) is 12.8. The van der Waals surface area contributed by atoms with Crippen LogP contribution >= 0.6 is 0 Å². The lowest BCUT2D eigenvalue weighted by Gasteiger charge is -2.32. The van der Waals surface area contributed by atoms with E-state index in [4.69, 9.17) is 4.74 Å². The second-order valence-electron chi connectivity index (χ2n) is 5.01. The molecule has 1 N–H and O–H groups in total. The van der Waals surface area contributed by atoms with Crippen molar-refractivity contribution in [1.82, 2.24) is 5.32 Å². The van der Waals surface area contributed by atoms with Crippen molar-refractivity contribution in [3.05, 3.63) is 35.6 Å². The Bertz CT molecular complexity index is 352. The predicted molar refractivity (Wildman–Crippen MR) is 71.1 cm³/mol. The number of benzene rings is 1. The van der Waals surface area contributed by atoms with Crippen molar-refractivity contribution < 1.29 is 9.13 Å². The molecule has 2 rings (SSSR count). The highest BCUT2D eigenvalue weighted by Crippen LogP contribution is 2.20. The highest BCUT2D eigenvalue weighted by molar-refractivity contribution is 5.17. The van der Waals surface area contributed by atoms with Gasteiger partial charge in [-0.05, 0) is 43.5 Å². The van der Waals surface area contributed by atoms with Crippen LogP contribution in [0.5, 0.6) is 0 Å². The van der Waals surface area contributed by atoms with Gasteiger partial charge in [-0.1, -0.05) is 19.1 Å². The van der Waals surface area contributed by atoms with Gasteiger partial charge in [-0.15, -0.1) is 0 Å². The van der Waals surface area contributed by atoms with Crippen LogP contribution in [0.3, 0.4) is 0 Å². The van der Waals surface area contributed by atoms with E-state index in [2.05, 4.69) is 12.2 Å². The normalized spacial score (nSPS) is 24.1. The molecular formula is C15H22FNO. The average Bonchev–Trinajstić information content (AvgIpc) is 2.40. The highest BCUT2D eigenvalue weighted by atomic mass is 19.1. The van der Waals surface area contributed by atoms with Crippen LogP contribution < -0.4 is 5.32 Å². The first-order valence-corrected chi connectivity index (χ1v) is 6.85. The monoisotopic (exact) mass is 251 g/mol. The van der Waals surface area contributed by atoms with Gasteiger partial charge in [0.2, 0.25) is 0 Å². The largest absolute Gasteiger partial charge is 0.381 e. The third-order valence-corrected chi connectivity index (χ3v) is 3.54. The van der Waals surface area contributed by atoms with Crippen LogP contribution in [0.1, 0.15) is 25.3 Å². The van der Waals surface area contributed by atoms with E-state index in [-0.39, 0.29) is 5.82 Å². The van der Waals surface area contributed by atoms with Gasteiger partial charge in [-0.25, -0.2) is 4.39 Å². The van der Waals surface area contributed by atoms with Crippen LogP contribution in [0.4, 0.5) is 4.39 Å². The molecule has 1 aliphatic heterocycles. The Morgan fingerprint density at radius 1 is 1.33 bits per heavy atom. The molecule has 1 aromatic carbocycles. The Morgan fingerprint density at radius 3 is 2.83 bits per heavy atom. The first-order valence-electron chi connectivity index (χ1n) is 6.85. The predicted octanol–water partition coefficient (Wildman–Crippen LogP) is 2.77. The van der Waals surface area contributed by atoms with Gasteiger partial charge in [0.15, 0.2) is 0 Å². The number of rotatable bonds is 5. The molecule has 1 aliphatic rings. The number of ether oxygens (including phenoxy) is 1. The van der Waals surface area contributed by atoms with Gasteiger partial charge in [0.05, 0.1) is 6.61 Å². The van der Waals surface area contributed by atoms with Gasteiger partial charge in [0.1, 0.15) is 5.82 Å². The fourth-order valence-corrected chi connectivity index (χ4v) is 2.52. The zero-order valence-corrected chi connectivity index (χ0v) is 11.0. The van der Waals surface area contributed by atoms with E-state index < -0.39 is 0 Å². The van der Waals surface area contributed by atoms with Crippen LogP contribution in [-0.4, -0.2) is 25.8 Å². The van der Waals surface area contributed by atoms with Gasteiger partial charge in [-0.3, -0.25) is 0 Å². The second-order valence-corrected chi connectivity index (χ2v) is 5.01. The first kappa shape index (κ1) is 13.5. The smallest absolute Gasteiger partial charge is 0.123 e. The van der Waals surface area contributed by atoms with E-state index in [9.17, 15) is 4.39 Å². The van der Waals surface area contributed by atoms with Crippen LogP contribution in [0.15, 0.2) is 24.3 Å². The molecule has 1 fully saturated rings. The van der Waals surface area contributed by atoms with Gasteiger partial charge in [0.25, 0.3) is 0 Å². The minimum Gasteiger partial charge on any atom is -0.381 e. The lowest BCUT2D eigenvalue weighted by molar-refractivity contribution is 0.0323. The minimum absolute atomic E-state index is 0.167. The van der Waals surface area contributed by atoms with E-state index in [0.717, 1.165) is 39.0 Å². The summed E-state index contributed by atoms with van der Waals surface area (Å²) < 4.78 is 18.4. The summed E-state index contributed by atoms with van der Waals surface area (Å²) in [5, 5.41) is 3.60. The van der Waals surface area contributed by atoms with Crippen LogP contribution in [0, 0.1) is 11.7 Å². The highest BCUT2D eigenvalue weighted by Gasteiger charge is 2.25. The molecule has 3 heteroatoms. The molecule has 0 amide bonds. The van der Waals surface area contributed by atoms with Gasteiger partial charge in [0, 0.05) is 18.6 Å². The maximum atomic E-state index is 12.9. The van der Waals surface area contributed by atoms with Gasteiger partial charge >= 0.3 is 0 Å². The van der Waals surface area contributed by atoms with E-state index >= 15 is 0 Å². The van der Waals surface area contributed by atoms with Gasteiger partial charge in [-0.2, -0.15) is 0 Å². The summed E-state index contributed by atoms with van der Waals surface area (Å²) in [4.78, 5) is 0. The summed E-state index contributed by atoms with van der Waals surface area (Å²) in [6.45, 7) is 4.89. The molecule has 0 bridgehead atoms. The van der Waals surface area contributed by atoms with Crippen molar-refractivity contribution >= 4 is 0 Å². The lowest BCUT2D eigenvalue weighted by atomic mass is 9.89. The summed E-state index contributed by atoms with van der Waals surface area (Å²) in [6.07, 6.45) is 3.19. The Morgan fingerprint density at radius 2 is 2.11 bits per heavy atom. The Kier molecular flexibility index (Phi) is 5.14. The Balaban J connectivity index is 1.94. The molecule has 0 spiro atoms. The van der Waals surface area contributed by atoms with E-state index in [1.807, 2.05) is 12.1 Å². The quantitative estimate of drug-likeness (QED) is 0.869. The number of hydrogen-bond donors (Lipinski definition) is 1. The topological polar surface area (TPSA) is 21.3 Å². The third-order valence-electron chi connectivity index (χ3n) is 3.54. The maximum Gasteiger partial charge on any atom is 0.123 e. The van der Waals surface area contributed by atoms with Crippen molar-refractivity contribution in [2.75, 3.05) is 19.8 Å². The van der Waals surface area contributed by atoms with Crippen molar-refractivity contribution in [3.63, 3.8) is 0 Å². The van der Waals surface area contributed by atoms with Gasteiger partial charge < -0.3 is 10.1 Å². The summed E-state index contributed by atoms with van der Waals surface area (Å²) in [6, 6.07) is 7.35. The molecule has 2 unspecified atom stereocenters. The standard InChI is InChI=1S/C15H22FNO/c1-2-8-17-15-7-9-18-11-13(15)10-12-3-5-14(16)6-4-12/h3-6,13,15,17H,2,7-11H2,1H3. The van der Waals surface area contributed by atoms with Crippen LogP contribution in [0.25, 0.3) is 0 Å². The summed E-state index contributed by atoms with van der Waals surface area (Å²) >= 11 is 0. The molecule has 1 saturated heterocycles. The molecule has 0 aliphatic carbocycles.